The molecule has 1 saturated carbocycles. The molecule has 3 rings (SSSR count). The molecule has 5 nitrogen and oxygen atoms in total. The van der Waals surface area contributed by atoms with Gasteiger partial charge < -0.3 is 14.8 Å². The molecule has 1 aromatic carbocycles. The first-order chi connectivity index (χ1) is 12.9. The van der Waals surface area contributed by atoms with Gasteiger partial charge in [0, 0.05) is 23.6 Å². The molecule has 2 unspecified atom stereocenters. The van der Waals surface area contributed by atoms with Crippen LogP contribution in [0.5, 0.6) is 0 Å². The second kappa shape index (κ2) is 8.13. The summed E-state index contributed by atoms with van der Waals surface area (Å²) in [4.78, 5) is 23.8. The normalized spacial score (nSPS) is 19.7. The molecule has 7 heteroatoms. The Morgan fingerprint density at radius 1 is 1.37 bits per heavy atom. The van der Waals surface area contributed by atoms with Crippen LogP contribution in [0.15, 0.2) is 28.9 Å². The third-order valence-electron chi connectivity index (χ3n) is 5.02. The Kier molecular flexibility index (Phi) is 5.85. The maximum Gasteiger partial charge on any atom is 0.303 e. The highest BCUT2D eigenvalue weighted by molar-refractivity contribution is 6.33. The summed E-state index contributed by atoms with van der Waals surface area (Å²) < 4.78 is 19.7. The SMILES string of the molecule is Cc1occ(-c2c(F)cccc2Cl)c1C(=O)NC1CCCC(CC(=O)O)C1. The summed E-state index contributed by atoms with van der Waals surface area (Å²) in [6.07, 6.45) is 4.55. The van der Waals surface area contributed by atoms with Crippen molar-refractivity contribution in [3.05, 3.63) is 46.6 Å². The minimum atomic E-state index is -0.825. The number of carbonyl (C=O) groups excluding carboxylic acids is 1. The molecule has 1 fully saturated rings. The van der Waals surface area contributed by atoms with Gasteiger partial charge in [-0.05, 0) is 44.2 Å². The Balaban J connectivity index is 1.82. The number of furan rings is 1. The second-order valence-corrected chi connectivity index (χ2v) is 7.39. The van der Waals surface area contributed by atoms with Crippen molar-refractivity contribution < 1.29 is 23.5 Å². The van der Waals surface area contributed by atoms with Crippen LogP contribution >= 0.6 is 11.6 Å². The van der Waals surface area contributed by atoms with E-state index in [9.17, 15) is 14.0 Å². The monoisotopic (exact) mass is 393 g/mol. The van der Waals surface area contributed by atoms with Crippen molar-refractivity contribution in [3.8, 4) is 11.1 Å². The van der Waals surface area contributed by atoms with E-state index < -0.39 is 11.8 Å². The number of rotatable bonds is 5. The molecule has 0 saturated heterocycles. The third kappa shape index (κ3) is 4.33. The van der Waals surface area contributed by atoms with Gasteiger partial charge in [0.15, 0.2) is 0 Å². The third-order valence-corrected chi connectivity index (χ3v) is 5.33. The molecule has 0 aliphatic heterocycles. The molecule has 27 heavy (non-hydrogen) atoms. The Morgan fingerprint density at radius 2 is 2.15 bits per heavy atom. The van der Waals surface area contributed by atoms with Crippen molar-refractivity contribution in [2.45, 2.75) is 45.1 Å². The number of hydrogen-bond acceptors (Lipinski definition) is 3. The topological polar surface area (TPSA) is 79.5 Å². The molecule has 1 aliphatic rings. The van der Waals surface area contributed by atoms with Crippen molar-refractivity contribution in [1.82, 2.24) is 5.32 Å². The van der Waals surface area contributed by atoms with Gasteiger partial charge in [0.25, 0.3) is 5.91 Å². The number of hydrogen-bond donors (Lipinski definition) is 2. The highest BCUT2D eigenvalue weighted by Crippen LogP contribution is 2.35. The fourth-order valence-electron chi connectivity index (χ4n) is 3.79. The van der Waals surface area contributed by atoms with Gasteiger partial charge in [-0.25, -0.2) is 4.39 Å². The maximum atomic E-state index is 14.3. The zero-order valence-electron chi connectivity index (χ0n) is 14.9. The summed E-state index contributed by atoms with van der Waals surface area (Å²) in [5.41, 5.74) is 0.696. The van der Waals surface area contributed by atoms with Gasteiger partial charge in [-0.15, -0.1) is 0 Å². The molecule has 2 N–H and O–H groups in total. The fourth-order valence-corrected chi connectivity index (χ4v) is 4.05. The molecule has 0 bridgehead atoms. The van der Waals surface area contributed by atoms with E-state index in [2.05, 4.69) is 5.32 Å². The summed E-state index contributed by atoms with van der Waals surface area (Å²) in [5.74, 6) is -1.30. The summed E-state index contributed by atoms with van der Waals surface area (Å²) in [5, 5.41) is 12.1. The number of benzene rings is 1. The summed E-state index contributed by atoms with van der Waals surface area (Å²) >= 11 is 6.14. The lowest BCUT2D eigenvalue weighted by Gasteiger charge is -2.29. The first-order valence-corrected chi connectivity index (χ1v) is 9.29. The number of carboxylic acid groups (broad SMARTS) is 1. The smallest absolute Gasteiger partial charge is 0.303 e. The van der Waals surface area contributed by atoms with E-state index in [0.29, 0.717) is 17.7 Å². The number of carbonyl (C=O) groups is 2. The minimum absolute atomic E-state index is 0.0486. The molecule has 0 radical (unpaired) electrons. The zero-order chi connectivity index (χ0) is 19.6. The molecule has 1 amide bonds. The number of aliphatic carboxylic acids is 1. The first kappa shape index (κ1) is 19.4. The van der Waals surface area contributed by atoms with Gasteiger partial charge >= 0.3 is 5.97 Å². The number of amides is 1. The van der Waals surface area contributed by atoms with Gasteiger partial charge in [0.2, 0.25) is 0 Å². The lowest BCUT2D eigenvalue weighted by atomic mass is 9.83. The van der Waals surface area contributed by atoms with Crippen molar-refractivity contribution >= 4 is 23.5 Å². The molecule has 0 spiro atoms. The summed E-state index contributed by atoms with van der Waals surface area (Å²) in [6.45, 7) is 1.64. The molecule has 1 aliphatic carbocycles. The van der Waals surface area contributed by atoms with E-state index in [0.717, 1.165) is 19.3 Å². The van der Waals surface area contributed by atoms with Crippen LogP contribution in [0.4, 0.5) is 4.39 Å². The Hall–Kier alpha value is -2.34. The van der Waals surface area contributed by atoms with Crippen LogP contribution in [0, 0.1) is 18.7 Å². The Bertz CT molecular complexity index is 843. The van der Waals surface area contributed by atoms with Crippen LogP contribution < -0.4 is 5.32 Å². The number of carboxylic acids is 1. The average Bonchev–Trinajstić information content (AvgIpc) is 2.96. The second-order valence-electron chi connectivity index (χ2n) is 6.98. The predicted molar refractivity (Wildman–Crippen MR) is 99.3 cm³/mol. The Morgan fingerprint density at radius 3 is 2.85 bits per heavy atom. The summed E-state index contributed by atoms with van der Waals surface area (Å²) in [6, 6.07) is 4.22. The lowest BCUT2D eigenvalue weighted by molar-refractivity contribution is -0.138. The molecule has 2 atom stereocenters. The van der Waals surface area contributed by atoms with E-state index in [1.54, 1.807) is 13.0 Å². The van der Waals surface area contributed by atoms with E-state index >= 15 is 0 Å². The highest BCUT2D eigenvalue weighted by atomic mass is 35.5. The molecule has 2 aromatic rings. The van der Waals surface area contributed by atoms with Crippen molar-refractivity contribution in [1.29, 1.82) is 0 Å². The van der Waals surface area contributed by atoms with Gasteiger partial charge in [-0.1, -0.05) is 24.1 Å². The van der Waals surface area contributed by atoms with Gasteiger partial charge in [-0.3, -0.25) is 9.59 Å². The number of aryl methyl sites for hydroxylation is 1. The fraction of sp³-hybridized carbons (Fsp3) is 0.400. The number of nitrogens with one attached hydrogen (secondary N) is 1. The molecule has 144 valence electrons. The van der Waals surface area contributed by atoms with Crippen molar-refractivity contribution in [2.75, 3.05) is 0 Å². The van der Waals surface area contributed by atoms with Gasteiger partial charge in [0.1, 0.15) is 11.6 Å². The van der Waals surface area contributed by atoms with Gasteiger partial charge in [0.05, 0.1) is 16.8 Å². The van der Waals surface area contributed by atoms with E-state index in [1.807, 2.05) is 0 Å². The molecule has 1 heterocycles. The van der Waals surface area contributed by atoms with E-state index in [4.69, 9.17) is 21.1 Å². The molecular weight excluding hydrogens is 373 g/mol. The minimum Gasteiger partial charge on any atom is -0.481 e. The maximum absolute atomic E-state index is 14.3. The number of halogens is 2. The largest absolute Gasteiger partial charge is 0.481 e. The molecular formula is C20H21ClFNO4. The quantitative estimate of drug-likeness (QED) is 0.763. The van der Waals surface area contributed by atoms with Crippen molar-refractivity contribution in [3.63, 3.8) is 0 Å². The van der Waals surface area contributed by atoms with Crippen LogP contribution in [0.2, 0.25) is 5.02 Å². The van der Waals surface area contributed by atoms with Crippen LogP contribution in [0.25, 0.3) is 11.1 Å². The highest BCUT2D eigenvalue weighted by Gasteiger charge is 2.28. The van der Waals surface area contributed by atoms with Gasteiger partial charge in [-0.2, -0.15) is 0 Å². The van der Waals surface area contributed by atoms with Crippen LogP contribution in [-0.2, 0) is 4.79 Å². The zero-order valence-corrected chi connectivity index (χ0v) is 15.7. The molecule has 1 aromatic heterocycles. The lowest BCUT2D eigenvalue weighted by Crippen LogP contribution is -2.39. The predicted octanol–water partition coefficient (Wildman–Crippen LogP) is 4.81. The first-order valence-electron chi connectivity index (χ1n) is 8.92. The van der Waals surface area contributed by atoms with Crippen LogP contribution in [0.3, 0.4) is 0 Å². The van der Waals surface area contributed by atoms with Crippen LogP contribution in [0.1, 0.15) is 48.2 Å². The Labute approximate surface area is 161 Å². The van der Waals surface area contributed by atoms with E-state index in [1.165, 1.54) is 18.4 Å². The van der Waals surface area contributed by atoms with E-state index in [-0.39, 0.29) is 40.4 Å². The average molecular weight is 394 g/mol. The standard InChI is InChI=1S/C20H21ClFNO4/c1-11-18(14(10-27-11)19-15(21)6-3-7-16(19)22)20(26)23-13-5-2-4-12(8-13)9-17(24)25/h3,6-7,10,12-13H,2,4-5,8-9H2,1H3,(H,23,26)(H,24,25). The summed E-state index contributed by atoms with van der Waals surface area (Å²) in [7, 11) is 0. The van der Waals surface area contributed by atoms with Crippen LogP contribution in [-0.4, -0.2) is 23.0 Å². The van der Waals surface area contributed by atoms with Crippen molar-refractivity contribution in [2.24, 2.45) is 5.92 Å².